The van der Waals surface area contributed by atoms with E-state index < -0.39 is 5.60 Å². The number of fused-ring (bicyclic) bond motifs is 1. The Balaban J connectivity index is 1.52. The number of Topliss-reactive ketones (excluding diaryl/α,β-unsaturated/α-hetero) is 1. The largest absolute Gasteiger partial charge is 0.486 e. The highest BCUT2D eigenvalue weighted by molar-refractivity contribution is 6.02. The van der Waals surface area contributed by atoms with Crippen LogP contribution in [0.5, 0.6) is 5.75 Å². The van der Waals surface area contributed by atoms with E-state index in [1.807, 2.05) is 30.9 Å². The number of carbonyl (C=O) groups excluding carboxylic acids is 2. The first-order valence-corrected chi connectivity index (χ1v) is 9.00. The van der Waals surface area contributed by atoms with E-state index in [1.165, 1.54) is 0 Å². The highest BCUT2D eigenvalue weighted by Crippen LogP contribution is 2.41. The molecule has 2 aromatic rings. The molecule has 0 bridgehead atoms. The fraction of sp³-hybridized carbons (Fsp3) is 0.381. The molecule has 0 aliphatic carbocycles. The van der Waals surface area contributed by atoms with Crippen molar-refractivity contribution in [1.29, 1.82) is 0 Å². The minimum absolute atomic E-state index is 0.0106. The number of benzene rings is 1. The molecule has 4 rings (SSSR count). The second-order valence-electron chi connectivity index (χ2n) is 7.37. The third kappa shape index (κ3) is 2.87. The molecule has 5 heteroatoms. The Morgan fingerprint density at radius 2 is 1.85 bits per heavy atom. The SMILES string of the molecule is Cc1cc(C)c2c(c1)OC1(CCN(C(=O)c3ccncc3)CC1)CC2=O. The highest BCUT2D eigenvalue weighted by Gasteiger charge is 2.44. The van der Waals surface area contributed by atoms with Gasteiger partial charge in [0.15, 0.2) is 5.78 Å². The summed E-state index contributed by atoms with van der Waals surface area (Å²) in [5.41, 5.74) is 2.95. The van der Waals surface area contributed by atoms with E-state index in [9.17, 15) is 9.59 Å². The number of ether oxygens (including phenoxy) is 1. The van der Waals surface area contributed by atoms with Gasteiger partial charge in [-0.3, -0.25) is 14.6 Å². The maximum Gasteiger partial charge on any atom is 0.253 e. The number of hydrogen-bond donors (Lipinski definition) is 0. The molecule has 0 atom stereocenters. The molecule has 5 nitrogen and oxygen atoms in total. The second-order valence-corrected chi connectivity index (χ2v) is 7.37. The summed E-state index contributed by atoms with van der Waals surface area (Å²) in [6, 6.07) is 7.44. The first kappa shape index (κ1) is 16.8. The summed E-state index contributed by atoms with van der Waals surface area (Å²) < 4.78 is 6.36. The van der Waals surface area contributed by atoms with Crippen molar-refractivity contribution in [1.82, 2.24) is 9.88 Å². The Morgan fingerprint density at radius 3 is 2.54 bits per heavy atom. The summed E-state index contributed by atoms with van der Waals surface area (Å²) in [6.07, 6.45) is 4.98. The van der Waals surface area contributed by atoms with Crippen molar-refractivity contribution in [2.24, 2.45) is 0 Å². The highest BCUT2D eigenvalue weighted by atomic mass is 16.5. The summed E-state index contributed by atoms with van der Waals surface area (Å²) in [7, 11) is 0. The minimum atomic E-state index is -0.487. The fourth-order valence-electron chi connectivity index (χ4n) is 4.09. The summed E-state index contributed by atoms with van der Waals surface area (Å²) in [4.78, 5) is 31.2. The topological polar surface area (TPSA) is 59.5 Å². The van der Waals surface area contributed by atoms with Gasteiger partial charge in [-0.15, -0.1) is 0 Å². The van der Waals surface area contributed by atoms with Crippen molar-refractivity contribution >= 4 is 11.7 Å². The number of aromatic nitrogens is 1. The van der Waals surface area contributed by atoms with Gasteiger partial charge in [-0.1, -0.05) is 6.07 Å². The van der Waals surface area contributed by atoms with E-state index in [4.69, 9.17) is 4.74 Å². The van der Waals surface area contributed by atoms with Crippen LogP contribution in [0.25, 0.3) is 0 Å². The van der Waals surface area contributed by atoms with Crippen molar-refractivity contribution in [2.75, 3.05) is 13.1 Å². The van der Waals surface area contributed by atoms with E-state index in [2.05, 4.69) is 4.98 Å². The molecule has 0 radical (unpaired) electrons. The molecule has 1 aromatic heterocycles. The second kappa shape index (κ2) is 6.24. The molecule has 1 fully saturated rings. The molecule has 134 valence electrons. The lowest BCUT2D eigenvalue weighted by Crippen LogP contribution is -2.52. The van der Waals surface area contributed by atoms with Gasteiger partial charge in [0.2, 0.25) is 0 Å². The summed E-state index contributed by atoms with van der Waals surface area (Å²) in [6.45, 7) is 5.16. The molecule has 3 heterocycles. The molecular formula is C21H22N2O3. The van der Waals surface area contributed by atoms with Gasteiger partial charge in [0.1, 0.15) is 11.4 Å². The molecule has 0 unspecified atom stereocenters. The number of ketones is 1. The number of hydrogen-bond acceptors (Lipinski definition) is 4. The van der Waals surface area contributed by atoms with Crippen LogP contribution in [0, 0.1) is 13.8 Å². The van der Waals surface area contributed by atoms with Crippen LogP contribution in [0.1, 0.15) is 51.1 Å². The minimum Gasteiger partial charge on any atom is -0.486 e. The van der Waals surface area contributed by atoms with E-state index >= 15 is 0 Å². The van der Waals surface area contributed by atoms with Crippen molar-refractivity contribution in [3.63, 3.8) is 0 Å². The normalized spacial score (nSPS) is 18.4. The Kier molecular flexibility index (Phi) is 4.02. The fourth-order valence-corrected chi connectivity index (χ4v) is 4.09. The molecule has 2 aliphatic heterocycles. The summed E-state index contributed by atoms with van der Waals surface area (Å²) in [5.74, 6) is 0.863. The number of likely N-dealkylation sites (tertiary alicyclic amines) is 1. The maximum atomic E-state index is 12.8. The molecule has 1 spiro atoms. The van der Waals surface area contributed by atoms with Crippen LogP contribution in [0.2, 0.25) is 0 Å². The van der Waals surface area contributed by atoms with Crippen LogP contribution in [0.3, 0.4) is 0 Å². The number of pyridine rings is 1. The molecule has 26 heavy (non-hydrogen) atoms. The monoisotopic (exact) mass is 350 g/mol. The van der Waals surface area contributed by atoms with Crippen molar-refractivity contribution in [3.05, 3.63) is 58.9 Å². The molecule has 2 aliphatic rings. The lowest BCUT2D eigenvalue weighted by molar-refractivity contribution is -0.00581. The van der Waals surface area contributed by atoms with Crippen LogP contribution >= 0.6 is 0 Å². The average molecular weight is 350 g/mol. The van der Waals surface area contributed by atoms with Crippen molar-refractivity contribution < 1.29 is 14.3 Å². The molecule has 1 amide bonds. The summed E-state index contributed by atoms with van der Waals surface area (Å²) in [5, 5.41) is 0. The van der Waals surface area contributed by atoms with Gasteiger partial charge in [0.05, 0.1) is 12.0 Å². The number of aryl methyl sites for hydroxylation is 2. The quantitative estimate of drug-likeness (QED) is 0.791. The van der Waals surface area contributed by atoms with Gasteiger partial charge in [0.25, 0.3) is 5.91 Å². The van der Waals surface area contributed by atoms with E-state index in [-0.39, 0.29) is 11.7 Å². The predicted molar refractivity (Wildman–Crippen MR) is 97.6 cm³/mol. The van der Waals surface area contributed by atoms with Gasteiger partial charge < -0.3 is 9.64 Å². The smallest absolute Gasteiger partial charge is 0.253 e. The first-order valence-electron chi connectivity index (χ1n) is 9.00. The van der Waals surface area contributed by atoms with Crippen LogP contribution in [-0.4, -0.2) is 40.3 Å². The van der Waals surface area contributed by atoms with Crippen molar-refractivity contribution in [2.45, 2.75) is 38.7 Å². The molecule has 1 saturated heterocycles. The molecule has 0 saturated carbocycles. The summed E-state index contributed by atoms with van der Waals surface area (Å²) >= 11 is 0. The third-order valence-electron chi connectivity index (χ3n) is 5.42. The van der Waals surface area contributed by atoms with Crippen molar-refractivity contribution in [3.8, 4) is 5.75 Å². The van der Waals surface area contributed by atoms with Crippen LogP contribution in [0.15, 0.2) is 36.7 Å². The van der Waals surface area contributed by atoms with Gasteiger partial charge in [-0.05, 0) is 43.2 Å². The molecular weight excluding hydrogens is 328 g/mol. The predicted octanol–water partition coefficient (Wildman–Crippen LogP) is 3.34. The Hall–Kier alpha value is -2.69. The number of amides is 1. The van der Waals surface area contributed by atoms with Crippen LogP contribution in [0.4, 0.5) is 0 Å². The zero-order chi connectivity index (χ0) is 18.3. The maximum absolute atomic E-state index is 12.8. The van der Waals surface area contributed by atoms with Crippen LogP contribution in [-0.2, 0) is 0 Å². The van der Waals surface area contributed by atoms with Crippen LogP contribution < -0.4 is 4.74 Å². The van der Waals surface area contributed by atoms with E-state index in [0.29, 0.717) is 43.7 Å². The zero-order valence-corrected chi connectivity index (χ0v) is 15.1. The van der Waals surface area contributed by atoms with E-state index in [1.54, 1.807) is 24.5 Å². The van der Waals surface area contributed by atoms with Gasteiger partial charge in [-0.25, -0.2) is 0 Å². The zero-order valence-electron chi connectivity index (χ0n) is 15.1. The van der Waals surface area contributed by atoms with Gasteiger partial charge >= 0.3 is 0 Å². The number of piperidine rings is 1. The molecule has 1 aromatic carbocycles. The number of carbonyl (C=O) groups is 2. The Morgan fingerprint density at radius 1 is 1.15 bits per heavy atom. The Bertz CT molecular complexity index is 868. The van der Waals surface area contributed by atoms with Gasteiger partial charge in [-0.2, -0.15) is 0 Å². The lowest BCUT2D eigenvalue weighted by atomic mass is 9.81. The standard InChI is InChI=1S/C21H22N2O3/c1-14-11-15(2)19-17(24)13-21(26-18(19)12-14)5-9-23(10-6-21)20(25)16-3-7-22-8-4-16/h3-4,7-8,11-12H,5-6,9-10,13H2,1-2H3. The third-order valence-corrected chi connectivity index (χ3v) is 5.42. The van der Waals surface area contributed by atoms with E-state index in [0.717, 1.165) is 16.7 Å². The Labute approximate surface area is 153 Å². The first-order chi connectivity index (χ1) is 12.5. The molecule has 0 N–H and O–H groups in total. The average Bonchev–Trinajstić information content (AvgIpc) is 2.61. The van der Waals surface area contributed by atoms with Gasteiger partial charge in [0, 0.05) is 43.9 Å². The lowest BCUT2D eigenvalue weighted by Gasteiger charge is -2.44. The number of rotatable bonds is 1. The number of nitrogens with zero attached hydrogens (tertiary/aromatic N) is 2.